The maximum absolute atomic E-state index is 12.7. The third kappa shape index (κ3) is 5.34. The Hall–Kier alpha value is -2.78. The lowest BCUT2D eigenvalue weighted by molar-refractivity contribution is 0.0527. The Kier molecular flexibility index (Phi) is 7.16. The maximum Gasteiger partial charge on any atom is 0.341 e. The summed E-state index contributed by atoms with van der Waals surface area (Å²) in [6.45, 7) is 4.85. The summed E-state index contributed by atoms with van der Waals surface area (Å²) in [6.07, 6.45) is 6.96. The van der Waals surface area contributed by atoms with Gasteiger partial charge >= 0.3 is 5.97 Å². The fourth-order valence-corrected chi connectivity index (χ4v) is 5.45. The monoisotopic (exact) mass is 469 g/mol. The van der Waals surface area contributed by atoms with Crippen molar-refractivity contribution < 1.29 is 9.53 Å². The first-order valence-electron chi connectivity index (χ1n) is 10.9. The van der Waals surface area contributed by atoms with E-state index in [2.05, 4.69) is 45.8 Å². The highest BCUT2D eigenvalue weighted by atomic mass is 32.1. The number of ether oxygens (including phenoxy) is 1. The molecule has 168 valence electrons. The third-order valence-electron chi connectivity index (χ3n) is 5.32. The SMILES string of the molecule is CCOC(=O)c1c(NC(=S)Nc2ncn(Cc3cccc(C)c3)n2)sc2c1CCCCC2. The molecule has 2 heterocycles. The summed E-state index contributed by atoms with van der Waals surface area (Å²) in [4.78, 5) is 18.3. The van der Waals surface area contributed by atoms with Crippen LogP contribution in [0.15, 0.2) is 30.6 Å². The van der Waals surface area contributed by atoms with Crippen molar-refractivity contribution in [3.63, 3.8) is 0 Å². The zero-order valence-corrected chi connectivity index (χ0v) is 19.9. The molecule has 1 aliphatic carbocycles. The molecule has 3 aromatic rings. The molecule has 0 saturated carbocycles. The number of rotatable bonds is 6. The number of aromatic nitrogens is 3. The normalized spacial score (nSPS) is 13.2. The summed E-state index contributed by atoms with van der Waals surface area (Å²) in [7, 11) is 0. The first-order valence-corrected chi connectivity index (χ1v) is 12.1. The molecule has 0 fully saturated rings. The van der Waals surface area contributed by atoms with Gasteiger partial charge in [-0.05, 0) is 62.9 Å². The van der Waals surface area contributed by atoms with Crippen molar-refractivity contribution in [3.05, 3.63) is 57.7 Å². The minimum Gasteiger partial charge on any atom is -0.462 e. The van der Waals surface area contributed by atoms with Crippen molar-refractivity contribution in [1.29, 1.82) is 0 Å². The molecule has 1 aromatic carbocycles. The molecular weight excluding hydrogens is 442 g/mol. The molecule has 32 heavy (non-hydrogen) atoms. The number of aryl methyl sites for hydroxylation is 2. The van der Waals surface area contributed by atoms with Gasteiger partial charge in [-0.1, -0.05) is 36.2 Å². The van der Waals surface area contributed by atoms with Crippen molar-refractivity contribution in [2.45, 2.75) is 52.5 Å². The smallest absolute Gasteiger partial charge is 0.341 e. The summed E-state index contributed by atoms with van der Waals surface area (Å²) in [5.74, 6) is 0.115. The van der Waals surface area contributed by atoms with E-state index in [4.69, 9.17) is 17.0 Å². The van der Waals surface area contributed by atoms with E-state index in [-0.39, 0.29) is 5.97 Å². The van der Waals surface area contributed by atoms with Crippen molar-refractivity contribution >= 4 is 45.6 Å². The predicted molar refractivity (Wildman–Crippen MR) is 132 cm³/mol. The number of anilines is 2. The van der Waals surface area contributed by atoms with E-state index in [0.29, 0.717) is 29.8 Å². The highest BCUT2D eigenvalue weighted by Crippen LogP contribution is 2.38. The van der Waals surface area contributed by atoms with Crippen LogP contribution in [-0.4, -0.2) is 32.5 Å². The number of nitrogens with one attached hydrogen (secondary N) is 2. The average molecular weight is 470 g/mol. The first-order chi connectivity index (χ1) is 15.5. The molecule has 0 atom stereocenters. The molecule has 9 heteroatoms. The summed E-state index contributed by atoms with van der Waals surface area (Å²) < 4.78 is 7.10. The lowest BCUT2D eigenvalue weighted by atomic mass is 10.1. The van der Waals surface area contributed by atoms with Gasteiger partial charge in [0.05, 0.1) is 18.7 Å². The molecule has 2 N–H and O–H groups in total. The van der Waals surface area contributed by atoms with Gasteiger partial charge in [-0.25, -0.2) is 14.5 Å². The molecule has 0 unspecified atom stereocenters. The lowest BCUT2D eigenvalue weighted by Crippen LogP contribution is -2.21. The van der Waals surface area contributed by atoms with E-state index in [1.807, 2.05) is 13.0 Å². The van der Waals surface area contributed by atoms with E-state index in [1.165, 1.54) is 16.9 Å². The Bertz CT molecular complexity index is 1120. The van der Waals surface area contributed by atoms with Gasteiger partial charge in [-0.15, -0.1) is 16.4 Å². The Balaban J connectivity index is 1.46. The number of carbonyl (C=O) groups excluding carboxylic acids is 1. The number of nitrogens with zero attached hydrogens (tertiary/aromatic N) is 3. The van der Waals surface area contributed by atoms with Crippen LogP contribution in [-0.2, 0) is 24.1 Å². The number of hydrogen-bond donors (Lipinski definition) is 2. The molecule has 0 radical (unpaired) electrons. The number of hydrogen-bond acceptors (Lipinski definition) is 6. The summed E-state index contributed by atoms with van der Waals surface area (Å²) in [6, 6.07) is 8.28. The zero-order chi connectivity index (χ0) is 22.5. The minimum absolute atomic E-state index is 0.294. The quantitative estimate of drug-likeness (QED) is 0.300. The maximum atomic E-state index is 12.7. The largest absolute Gasteiger partial charge is 0.462 e. The topological polar surface area (TPSA) is 81.1 Å². The van der Waals surface area contributed by atoms with E-state index < -0.39 is 0 Å². The summed E-state index contributed by atoms with van der Waals surface area (Å²) in [5, 5.41) is 11.8. The van der Waals surface area contributed by atoms with E-state index in [0.717, 1.165) is 41.8 Å². The second-order valence-corrected chi connectivity index (χ2v) is 9.34. The van der Waals surface area contributed by atoms with Gasteiger partial charge in [-0.2, -0.15) is 0 Å². The number of thiocarbonyl (C=S) groups is 1. The number of carbonyl (C=O) groups is 1. The second kappa shape index (κ2) is 10.2. The second-order valence-electron chi connectivity index (χ2n) is 7.82. The van der Waals surface area contributed by atoms with Crippen LogP contribution in [0.3, 0.4) is 0 Å². The van der Waals surface area contributed by atoms with Gasteiger partial charge in [0.1, 0.15) is 11.3 Å². The van der Waals surface area contributed by atoms with Crippen LogP contribution >= 0.6 is 23.6 Å². The standard InChI is InChI=1S/C23H27N5O2S2/c1-3-30-21(29)19-17-10-5-4-6-11-18(17)32-20(19)25-23(31)26-22-24-14-28(27-22)13-16-9-7-8-15(2)12-16/h7-9,12,14H,3-6,10-11,13H2,1-2H3,(H2,25,26,27,31). The number of fused-ring (bicyclic) bond motifs is 1. The van der Waals surface area contributed by atoms with Gasteiger partial charge in [0.15, 0.2) is 5.11 Å². The molecule has 4 rings (SSSR count). The van der Waals surface area contributed by atoms with Crippen LogP contribution in [0.2, 0.25) is 0 Å². The Morgan fingerprint density at radius 1 is 1.25 bits per heavy atom. The van der Waals surface area contributed by atoms with Crippen LogP contribution < -0.4 is 10.6 Å². The van der Waals surface area contributed by atoms with Crippen LogP contribution in [0.5, 0.6) is 0 Å². The molecule has 2 aromatic heterocycles. The fraction of sp³-hybridized carbons (Fsp3) is 0.391. The van der Waals surface area contributed by atoms with Crippen molar-refractivity contribution in [3.8, 4) is 0 Å². The molecule has 0 saturated heterocycles. The highest BCUT2D eigenvalue weighted by molar-refractivity contribution is 7.80. The van der Waals surface area contributed by atoms with Gasteiger partial charge in [0.2, 0.25) is 5.95 Å². The van der Waals surface area contributed by atoms with E-state index in [9.17, 15) is 4.79 Å². The molecule has 0 bridgehead atoms. The van der Waals surface area contributed by atoms with Crippen LogP contribution in [0.4, 0.5) is 10.9 Å². The number of esters is 1. The first kappa shape index (κ1) is 22.4. The summed E-state index contributed by atoms with van der Waals surface area (Å²) in [5.41, 5.74) is 4.09. The van der Waals surface area contributed by atoms with Crippen LogP contribution in [0.1, 0.15) is 58.1 Å². The van der Waals surface area contributed by atoms with Crippen molar-refractivity contribution in [2.75, 3.05) is 17.2 Å². The Morgan fingerprint density at radius 3 is 2.91 bits per heavy atom. The van der Waals surface area contributed by atoms with Crippen LogP contribution in [0.25, 0.3) is 0 Å². The van der Waals surface area contributed by atoms with E-state index in [1.54, 1.807) is 22.3 Å². The zero-order valence-electron chi connectivity index (χ0n) is 18.3. The lowest BCUT2D eigenvalue weighted by Gasteiger charge is -2.10. The Labute approximate surface area is 197 Å². The molecule has 0 aliphatic heterocycles. The van der Waals surface area contributed by atoms with Crippen molar-refractivity contribution in [2.24, 2.45) is 0 Å². The highest BCUT2D eigenvalue weighted by Gasteiger charge is 2.26. The van der Waals surface area contributed by atoms with Gasteiger partial charge in [0.25, 0.3) is 0 Å². The molecule has 7 nitrogen and oxygen atoms in total. The summed E-state index contributed by atoms with van der Waals surface area (Å²) >= 11 is 7.09. The number of thiophene rings is 1. The van der Waals surface area contributed by atoms with Crippen LogP contribution in [0, 0.1) is 6.92 Å². The average Bonchev–Trinajstić information content (AvgIpc) is 3.24. The van der Waals surface area contributed by atoms with E-state index >= 15 is 0 Å². The van der Waals surface area contributed by atoms with Crippen molar-refractivity contribution in [1.82, 2.24) is 14.8 Å². The van der Waals surface area contributed by atoms with Gasteiger partial charge in [0, 0.05) is 4.88 Å². The van der Waals surface area contributed by atoms with Gasteiger partial charge in [-0.3, -0.25) is 5.32 Å². The van der Waals surface area contributed by atoms with Gasteiger partial charge < -0.3 is 10.1 Å². The molecule has 0 spiro atoms. The molecule has 1 aliphatic rings. The minimum atomic E-state index is -0.294. The molecular formula is C23H27N5O2S2. The fourth-order valence-electron chi connectivity index (χ4n) is 3.91. The molecule has 0 amide bonds. The predicted octanol–water partition coefficient (Wildman–Crippen LogP) is 4.95. The third-order valence-corrected chi connectivity index (χ3v) is 6.73. The number of benzene rings is 1. The Morgan fingerprint density at radius 2 is 2.09 bits per heavy atom.